The van der Waals surface area contributed by atoms with E-state index >= 15 is 0 Å². The standard InChI is InChI=1S/C19H36O8/c1-5-7-22-9-11-24-13-15-26-17(20)19(3,4)18(21)27-16-14-25-12-10-23-8-6-2/h5-16H2,1-4H3. The topological polar surface area (TPSA) is 89.5 Å². The van der Waals surface area contributed by atoms with Crippen LogP contribution in [-0.2, 0) is 38.0 Å². The Hall–Kier alpha value is -1.22. The van der Waals surface area contributed by atoms with E-state index in [-0.39, 0.29) is 26.4 Å². The molecule has 0 atom stereocenters. The van der Waals surface area contributed by atoms with Gasteiger partial charge in [0.15, 0.2) is 5.41 Å². The lowest BCUT2D eigenvalue weighted by molar-refractivity contribution is -0.171. The second kappa shape index (κ2) is 16.9. The van der Waals surface area contributed by atoms with Gasteiger partial charge in [0.2, 0.25) is 0 Å². The van der Waals surface area contributed by atoms with Crippen molar-refractivity contribution in [2.24, 2.45) is 5.41 Å². The summed E-state index contributed by atoms with van der Waals surface area (Å²) in [4.78, 5) is 24.1. The summed E-state index contributed by atoms with van der Waals surface area (Å²) in [6.45, 7) is 10.9. The quantitative estimate of drug-likeness (QED) is 0.199. The zero-order valence-corrected chi connectivity index (χ0v) is 17.3. The molecule has 0 unspecified atom stereocenters. The molecule has 0 spiro atoms. The van der Waals surface area contributed by atoms with Gasteiger partial charge >= 0.3 is 11.9 Å². The Morgan fingerprint density at radius 1 is 0.556 bits per heavy atom. The molecular formula is C19H36O8. The molecule has 0 saturated heterocycles. The lowest BCUT2D eigenvalue weighted by atomic mass is 9.94. The number of rotatable bonds is 18. The van der Waals surface area contributed by atoms with Crippen LogP contribution in [0.3, 0.4) is 0 Å². The average molecular weight is 392 g/mol. The number of carbonyl (C=O) groups is 2. The maximum absolute atomic E-state index is 12.1. The van der Waals surface area contributed by atoms with Gasteiger partial charge in [-0.25, -0.2) is 0 Å². The molecule has 0 aromatic rings. The van der Waals surface area contributed by atoms with Crippen molar-refractivity contribution >= 4 is 11.9 Å². The first-order valence-corrected chi connectivity index (χ1v) is 9.62. The van der Waals surface area contributed by atoms with Gasteiger partial charge in [-0.3, -0.25) is 9.59 Å². The van der Waals surface area contributed by atoms with E-state index in [1.165, 1.54) is 13.8 Å². The SMILES string of the molecule is CCCOCCOCCOC(=O)C(C)(C)C(=O)OCCOCCOCCC. The number of carbonyl (C=O) groups excluding carboxylic acids is 2. The number of ether oxygens (including phenoxy) is 6. The summed E-state index contributed by atoms with van der Waals surface area (Å²) in [5, 5.41) is 0. The Labute approximate surface area is 162 Å². The number of esters is 2. The van der Waals surface area contributed by atoms with E-state index in [1.807, 2.05) is 13.8 Å². The van der Waals surface area contributed by atoms with Gasteiger partial charge in [-0.05, 0) is 26.7 Å². The van der Waals surface area contributed by atoms with E-state index in [9.17, 15) is 9.59 Å². The summed E-state index contributed by atoms with van der Waals surface area (Å²) in [7, 11) is 0. The zero-order valence-electron chi connectivity index (χ0n) is 17.3. The fourth-order valence-corrected chi connectivity index (χ4v) is 1.76. The van der Waals surface area contributed by atoms with Crippen molar-refractivity contribution in [1.29, 1.82) is 0 Å². The van der Waals surface area contributed by atoms with Gasteiger partial charge in [-0.2, -0.15) is 0 Å². The van der Waals surface area contributed by atoms with Gasteiger partial charge in [0.25, 0.3) is 0 Å². The Kier molecular flexibility index (Phi) is 16.2. The van der Waals surface area contributed by atoms with E-state index in [0.29, 0.717) is 39.6 Å². The molecule has 0 bridgehead atoms. The molecule has 0 aromatic carbocycles. The molecule has 0 fully saturated rings. The predicted molar refractivity (Wildman–Crippen MR) is 99.6 cm³/mol. The highest BCUT2D eigenvalue weighted by Gasteiger charge is 2.39. The van der Waals surface area contributed by atoms with Crippen molar-refractivity contribution in [2.45, 2.75) is 40.5 Å². The predicted octanol–water partition coefficient (Wildman–Crippen LogP) is 1.99. The van der Waals surface area contributed by atoms with Crippen LogP contribution in [0.25, 0.3) is 0 Å². The van der Waals surface area contributed by atoms with E-state index in [1.54, 1.807) is 0 Å². The van der Waals surface area contributed by atoms with Gasteiger partial charge < -0.3 is 28.4 Å². The Morgan fingerprint density at radius 3 is 1.19 bits per heavy atom. The third kappa shape index (κ3) is 13.6. The van der Waals surface area contributed by atoms with Crippen LogP contribution in [0.1, 0.15) is 40.5 Å². The second-order valence-electron chi connectivity index (χ2n) is 6.35. The molecule has 0 aliphatic heterocycles. The molecule has 160 valence electrons. The van der Waals surface area contributed by atoms with Crippen LogP contribution in [0.2, 0.25) is 0 Å². The summed E-state index contributed by atoms with van der Waals surface area (Å²) in [5.41, 5.74) is -1.38. The highest BCUT2D eigenvalue weighted by molar-refractivity contribution is 5.99. The van der Waals surface area contributed by atoms with E-state index in [4.69, 9.17) is 28.4 Å². The maximum atomic E-state index is 12.1. The first-order valence-electron chi connectivity index (χ1n) is 9.62. The van der Waals surface area contributed by atoms with Gasteiger partial charge in [-0.15, -0.1) is 0 Å². The van der Waals surface area contributed by atoms with E-state index in [0.717, 1.165) is 12.8 Å². The molecule has 8 heteroatoms. The summed E-state index contributed by atoms with van der Waals surface area (Å²) >= 11 is 0. The molecule has 0 rings (SSSR count). The molecule has 0 heterocycles. The Bertz CT molecular complexity index is 350. The summed E-state index contributed by atoms with van der Waals surface area (Å²) in [5.74, 6) is -1.29. The lowest BCUT2D eigenvalue weighted by Crippen LogP contribution is -2.37. The van der Waals surface area contributed by atoms with Gasteiger partial charge in [0, 0.05) is 13.2 Å². The van der Waals surface area contributed by atoms with Crippen LogP contribution in [0.5, 0.6) is 0 Å². The number of hydrogen-bond acceptors (Lipinski definition) is 8. The minimum absolute atomic E-state index is 0.0736. The monoisotopic (exact) mass is 392 g/mol. The van der Waals surface area contributed by atoms with Crippen molar-refractivity contribution in [3.05, 3.63) is 0 Å². The molecule has 0 amide bonds. The molecule has 0 aliphatic carbocycles. The minimum atomic E-state index is -1.38. The van der Waals surface area contributed by atoms with Gasteiger partial charge in [0.1, 0.15) is 13.2 Å². The van der Waals surface area contributed by atoms with Crippen LogP contribution in [0, 0.1) is 5.41 Å². The van der Waals surface area contributed by atoms with Crippen LogP contribution in [0.4, 0.5) is 0 Å². The van der Waals surface area contributed by atoms with Crippen molar-refractivity contribution < 1.29 is 38.0 Å². The largest absolute Gasteiger partial charge is 0.462 e. The third-order valence-electron chi connectivity index (χ3n) is 3.38. The Morgan fingerprint density at radius 2 is 0.852 bits per heavy atom. The fraction of sp³-hybridized carbons (Fsp3) is 0.895. The molecule has 0 N–H and O–H groups in total. The van der Waals surface area contributed by atoms with Crippen LogP contribution in [-0.4, -0.2) is 78.0 Å². The van der Waals surface area contributed by atoms with Crippen molar-refractivity contribution in [3.8, 4) is 0 Å². The summed E-state index contributed by atoms with van der Waals surface area (Å²) < 4.78 is 31.3. The average Bonchev–Trinajstić information content (AvgIpc) is 2.65. The minimum Gasteiger partial charge on any atom is -0.462 e. The smallest absolute Gasteiger partial charge is 0.322 e. The highest BCUT2D eigenvalue weighted by Crippen LogP contribution is 2.19. The zero-order chi connectivity index (χ0) is 20.4. The van der Waals surface area contributed by atoms with E-state index in [2.05, 4.69) is 0 Å². The van der Waals surface area contributed by atoms with E-state index < -0.39 is 17.4 Å². The summed E-state index contributed by atoms with van der Waals surface area (Å²) in [6.07, 6.45) is 1.92. The summed E-state index contributed by atoms with van der Waals surface area (Å²) in [6, 6.07) is 0. The first-order chi connectivity index (χ1) is 13.0. The van der Waals surface area contributed by atoms with Crippen LogP contribution < -0.4 is 0 Å². The fourth-order valence-electron chi connectivity index (χ4n) is 1.76. The van der Waals surface area contributed by atoms with Gasteiger partial charge in [-0.1, -0.05) is 13.8 Å². The molecule has 8 nitrogen and oxygen atoms in total. The third-order valence-corrected chi connectivity index (χ3v) is 3.38. The van der Waals surface area contributed by atoms with Crippen LogP contribution >= 0.6 is 0 Å². The molecule has 0 saturated carbocycles. The lowest BCUT2D eigenvalue weighted by Gasteiger charge is -2.20. The molecule has 0 aliphatic rings. The molecule has 0 radical (unpaired) electrons. The second-order valence-corrected chi connectivity index (χ2v) is 6.35. The van der Waals surface area contributed by atoms with Gasteiger partial charge in [0.05, 0.1) is 39.6 Å². The molecular weight excluding hydrogens is 356 g/mol. The first kappa shape index (κ1) is 25.8. The highest BCUT2D eigenvalue weighted by atomic mass is 16.6. The molecule has 27 heavy (non-hydrogen) atoms. The van der Waals surface area contributed by atoms with Crippen molar-refractivity contribution in [1.82, 2.24) is 0 Å². The van der Waals surface area contributed by atoms with Crippen molar-refractivity contribution in [2.75, 3.05) is 66.1 Å². The molecule has 0 aromatic heterocycles. The normalized spacial score (nSPS) is 11.4. The Balaban J connectivity index is 3.77. The van der Waals surface area contributed by atoms with Crippen molar-refractivity contribution in [3.63, 3.8) is 0 Å². The van der Waals surface area contributed by atoms with Crippen LogP contribution in [0.15, 0.2) is 0 Å². The maximum Gasteiger partial charge on any atom is 0.322 e. The number of hydrogen-bond donors (Lipinski definition) is 0.